The van der Waals surface area contributed by atoms with Crippen LogP contribution in [0, 0.1) is 6.92 Å². The van der Waals surface area contributed by atoms with Crippen LogP contribution in [0.2, 0.25) is 0 Å². The molecule has 11 heteroatoms. The van der Waals surface area contributed by atoms with Gasteiger partial charge in [0, 0.05) is 16.8 Å². The van der Waals surface area contributed by atoms with Crippen molar-refractivity contribution in [2.24, 2.45) is 4.99 Å². The molecule has 0 atom stereocenters. The number of carbonyl (C=O) groups excluding carboxylic acids is 3. The van der Waals surface area contributed by atoms with Crippen LogP contribution in [0.1, 0.15) is 61.5 Å². The molecule has 0 aliphatic heterocycles. The van der Waals surface area contributed by atoms with Crippen molar-refractivity contribution in [1.82, 2.24) is 10.6 Å². The Bertz CT molecular complexity index is 1810. The first kappa shape index (κ1) is 37.0. The van der Waals surface area contributed by atoms with Gasteiger partial charge in [0.25, 0.3) is 11.8 Å². The van der Waals surface area contributed by atoms with Crippen LogP contribution in [0.25, 0.3) is 6.08 Å². The summed E-state index contributed by atoms with van der Waals surface area (Å²) < 4.78 is 21.5. The van der Waals surface area contributed by atoms with Gasteiger partial charge in [-0.25, -0.2) is 9.79 Å². The molecule has 3 N–H and O–H groups in total. The number of ether oxygens (including phenoxy) is 4. The summed E-state index contributed by atoms with van der Waals surface area (Å²) in [4.78, 5) is 44.0. The molecule has 1 aliphatic rings. The van der Waals surface area contributed by atoms with Gasteiger partial charge in [0.15, 0.2) is 11.5 Å². The highest BCUT2D eigenvalue weighted by molar-refractivity contribution is 6.10. The van der Waals surface area contributed by atoms with Gasteiger partial charge in [-0.3, -0.25) is 20.2 Å². The molecule has 1 aliphatic carbocycles. The molecule has 3 amide bonds. The first-order valence-corrected chi connectivity index (χ1v) is 16.1. The fourth-order valence-electron chi connectivity index (χ4n) is 4.98. The van der Waals surface area contributed by atoms with E-state index in [2.05, 4.69) is 45.2 Å². The normalized spacial score (nSPS) is 13.1. The molecular weight excluding hydrogens is 636 g/mol. The molecular formula is C39H44N4O7. The fraction of sp³-hybridized carbons (Fsp3) is 0.282. The second-order valence-electron chi connectivity index (χ2n) is 12.4. The van der Waals surface area contributed by atoms with E-state index in [0.29, 0.717) is 29.1 Å². The first-order chi connectivity index (χ1) is 23.9. The quantitative estimate of drug-likeness (QED) is 0.148. The second-order valence-corrected chi connectivity index (χ2v) is 12.4. The van der Waals surface area contributed by atoms with E-state index in [4.69, 9.17) is 18.9 Å². The number of hydrogen-bond acceptors (Lipinski definition) is 8. The van der Waals surface area contributed by atoms with Gasteiger partial charge in [-0.2, -0.15) is 0 Å². The number of aryl methyl sites for hydroxylation is 1. The molecule has 3 aromatic rings. The van der Waals surface area contributed by atoms with Gasteiger partial charge in [-0.1, -0.05) is 66.3 Å². The number of allylic oxidation sites excluding steroid dienone is 4. The van der Waals surface area contributed by atoms with Crippen molar-refractivity contribution < 1.29 is 33.3 Å². The van der Waals surface area contributed by atoms with Crippen LogP contribution in [-0.2, 0) is 9.53 Å². The third-order valence-electron chi connectivity index (χ3n) is 7.51. The molecule has 0 bridgehead atoms. The highest BCUT2D eigenvalue weighted by Gasteiger charge is 2.22. The van der Waals surface area contributed by atoms with Crippen molar-refractivity contribution in [1.29, 1.82) is 0 Å². The zero-order chi connectivity index (χ0) is 36.3. The number of guanidine groups is 1. The van der Waals surface area contributed by atoms with Gasteiger partial charge in [0.1, 0.15) is 5.60 Å². The number of rotatable bonds is 10. The highest BCUT2D eigenvalue weighted by Crippen LogP contribution is 2.38. The molecule has 0 spiro atoms. The van der Waals surface area contributed by atoms with E-state index in [0.717, 1.165) is 24.0 Å². The van der Waals surface area contributed by atoms with Crippen molar-refractivity contribution in [3.63, 3.8) is 0 Å². The Morgan fingerprint density at radius 3 is 2.14 bits per heavy atom. The zero-order valence-electron chi connectivity index (χ0n) is 29.5. The van der Waals surface area contributed by atoms with Crippen molar-refractivity contribution in [2.75, 3.05) is 26.6 Å². The minimum atomic E-state index is -0.825. The summed E-state index contributed by atoms with van der Waals surface area (Å²) in [6.45, 7) is 7.01. The first-order valence-electron chi connectivity index (χ1n) is 16.1. The van der Waals surface area contributed by atoms with Crippen LogP contribution in [0.3, 0.4) is 0 Å². The molecule has 3 aromatic carbocycles. The number of benzene rings is 3. The summed E-state index contributed by atoms with van der Waals surface area (Å²) in [5.41, 5.74) is 4.10. The van der Waals surface area contributed by atoms with E-state index in [1.165, 1.54) is 39.0 Å². The number of carbonyl (C=O) groups is 3. The van der Waals surface area contributed by atoms with Gasteiger partial charge < -0.3 is 24.3 Å². The number of anilines is 1. The maximum absolute atomic E-state index is 13.4. The summed E-state index contributed by atoms with van der Waals surface area (Å²) >= 11 is 0. The SMILES string of the molecule is COc1cc(C(=O)NC(=Nc2ccc(C)c(NC(=O)C3=CC=C(CC=Cc4ccccc4)CC3)c2)NC(=O)OC(C)(C)C)cc(OC)c1OC. The Kier molecular flexibility index (Phi) is 12.6. The molecule has 0 saturated carbocycles. The molecule has 0 heterocycles. The van der Waals surface area contributed by atoms with Crippen molar-refractivity contribution >= 4 is 41.3 Å². The lowest BCUT2D eigenvalue weighted by molar-refractivity contribution is -0.113. The van der Waals surface area contributed by atoms with Crippen LogP contribution < -0.4 is 30.2 Å². The van der Waals surface area contributed by atoms with Crippen LogP contribution in [0.15, 0.2) is 95.0 Å². The van der Waals surface area contributed by atoms with Crippen LogP contribution in [0.5, 0.6) is 17.2 Å². The Hall–Kier alpha value is -5.84. The topological polar surface area (TPSA) is 137 Å². The lowest BCUT2D eigenvalue weighted by atomic mass is 9.95. The number of nitrogens with zero attached hydrogens (tertiary/aromatic N) is 1. The molecule has 0 aromatic heterocycles. The molecule has 4 rings (SSSR count). The smallest absolute Gasteiger partial charge is 0.414 e. The lowest BCUT2D eigenvalue weighted by Gasteiger charge is -2.20. The Morgan fingerprint density at radius 2 is 1.54 bits per heavy atom. The number of hydrogen-bond donors (Lipinski definition) is 3. The lowest BCUT2D eigenvalue weighted by Crippen LogP contribution is -2.45. The van der Waals surface area contributed by atoms with Crippen LogP contribution in [-0.4, -0.2) is 50.8 Å². The minimum absolute atomic E-state index is 0.153. The fourth-order valence-corrected chi connectivity index (χ4v) is 4.98. The number of alkyl carbamates (subject to hydrolysis) is 1. The van der Waals surface area contributed by atoms with Gasteiger partial charge in [0.05, 0.1) is 27.0 Å². The number of aliphatic imine (C=N–C) groups is 1. The molecule has 262 valence electrons. The molecule has 0 unspecified atom stereocenters. The van der Waals surface area contributed by atoms with E-state index in [9.17, 15) is 14.4 Å². The predicted molar refractivity (Wildman–Crippen MR) is 195 cm³/mol. The van der Waals surface area contributed by atoms with Gasteiger partial charge in [0.2, 0.25) is 11.7 Å². The maximum Gasteiger partial charge on any atom is 0.414 e. The average molecular weight is 681 g/mol. The summed E-state index contributed by atoms with van der Waals surface area (Å²) in [7, 11) is 4.34. The Balaban J connectivity index is 1.54. The van der Waals surface area contributed by atoms with Gasteiger partial charge in [-0.05, 0) is 82.3 Å². The summed E-state index contributed by atoms with van der Waals surface area (Å²) in [6.07, 6.45) is 9.49. The Morgan fingerprint density at radius 1 is 0.840 bits per heavy atom. The van der Waals surface area contributed by atoms with E-state index in [-0.39, 0.29) is 28.9 Å². The minimum Gasteiger partial charge on any atom is -0.493 e. The number of amides is 3. The largest absolute Gasteiger partial charge is 0.493 e. The van der Waals surface area contributed by atoms with Gasteiger partial charge >= 0.3 is 6.09 Å². The average Bonchev–Trinajstić information content (AvgIpc) is 3.08. The summed E-state index contributed by atoms with van der Waals surface area (Å²) in [5, 5.41) is 8.14. The van der Waals surface area contributed by atoms with E-state index in [1.807, 2.05) is 37.3 Å². The van der Waals surface area contributed by atoms with E-state index in [1.54, 1.807) is 39.0 Å². The van der Waals surface area contributed by atoms with Crippen LogP contribution in [0.4, 0.5) is 16.2 Å². The maximum atomic E-state index is 13.4. The van der Waals surface area contributed by atoms with Crippen LogP contribution >= 0.6 is 0 Å². The zero-order valence-corrected chi connectivity index (χ0v) is 29.5. The predicted octanol–water partition coefficient (Wildman–Crippen LogP) is 7.65. The van der Waals surface area contributed by atoms with E-state index < -0.39 is 17.6 Å². The molecule has 0 radical (unpaired) electrons. The molecule has 11 nitrogen and oxygen atoms in total. The molecule has 0 fully saturated rings. The van der Waals surface area contributed by atoms with Crippen molar-refractivity contribution in [3.8, 4) is 17.2 Å². The van der Waals surface area contributed by atoms with Crippen molar-refractivity contribution in [2.45, 2.75) is 52.6 Å². The van der Waals surface area contributed by atoms with E-state index >= 15 is 0 Å². The molecule has 0 saturated heterocycles. The monoisotopic (exact) mass is 680 g/mol. The summed E-state index contributed by atoms with van der Waals surface area (Å²) in [6, 6.07) is 18.2. The highest BCUT2D eigenvalue weighted by atomic mass is 16.6. The number of nitrogens with one attached hydrogen (secondary N) is 3. The second kappa shape index (κ2) is 17.0. The summed E-state index contributed by atoms with van der Waals surface area (Å²) in [5.74, 6) is -0.173. The molecule has 50 heavy (non-hydrogen) atoms. The van der Waals surface area contributed by atoms with Crippen molar-refractivity contribution in [3.05, 3.63) is 107 Å². The third-order valence-corrected chi connectivity index (χ3v) is 7.51. The third kappa shape index (κ3) is 10.6. The van der Waals surface area contributed by atoms with Gasteiger partial charge in [-0.15, -0.1) is 0 Å². The standard InChI is InChI=1S/C39H44N4O7/c1-25-16-21-30(24-31(25)41-35(44)28-19-17-27(18-20-28)15-11-14-26-12-9-8-10-13-26)40-37(43-38(46)50-39(2,3)4)42-36(45)29-22-32(47-5)34(49-7)33(23-29)48-6/h8-14,16-17,19,21-24H,15,18,20H2,1-7H3,(H,41,44)(H2,40,42,43,45,46). The Labute approximate surface area is 293 Å². The number of methoxy groups -OCH3 is 3.